The quantitative estimate of drug-likeness (QED) is 0.813. The largest absolute Gasteiger partial charge is 0.416 e. The Hall–Kier alpha value is -1.94. The zero-order chi connectivity index (χ0) is 18.5. The first-order valence-electron chi connectivity index (χ1n) is 8.36. The fourth-order valence-electron chi connectivity index (χ4n) is 3.04. The Morgan fingerprint density at radius 3 is 2.58 bits per heavy atom. The van der Waals surface area contributed by atoms with Gasteiger partial charge in [0.2, 0.25) is 10.0 Å². The van der Waals surface area contributed by atoms with Crippen LogP contribution in [0.25, 0.3) is 0 Å². The van der Waals surface area contributed by atoms with Gasteiger partial charge in [0.1, 0.15) is 5.82 Å². The van der Waals surface area contributed by atoms with Crippen molar-refractivity contribution in [2.45, 2.75) is 42.8 Å². The molecule has 6 nitrogen and oxygen atoms in total. The Bertz CT molecular complexity index is 910. The second kappa shape index (κ2) is 6.05. The van der Waals surface area contributed by atoms with Crippen LogP contribution >= 0.6 is 0 Å². The Morgan fingerprint density at radius 2 is 1.88 bits per heavy atom. The summed E-state index contributed by atoms with van der Waals surface area (Å²) in [6, 6.07) is 3.85. The molecule has 26 heavy (non-hydrogen) atoms. The number of nitrogens with zero attached hydrogens (tertiary/aromatic N) is 4. The molecule has 2 aliphatic rings. The normalized spacial score (nSPS) is 19.2. The van der Waals surface area contributed by atoms with Crippen LogP contribution in [0.3, 0.4) is 0 Å². The Kier molecular flexibility index (Phi) is 4.07. The molecule has 4 rings (SSSR count). The minimum absolute atomic E-state index is 0.152. The number of alkyl halides is 3. The van der Waals surface area contributed by atoms with Crippen molar-refractivity contribution in [1.29, 1.82) is 0 Å². The number of hydrogen-bond acceptors (Lipinski definition) is 4. The van der Waals surface area contributed by atoms with Crippen LogP contribution in [0.1, 0.15) is 36.0 Å². The molecular formula is C16H17F3N4O2S. The summed E-state index contributed by atoms with van der Waals surface area (Å²) in [5.41, 5.74) is -0.975. The lowest BCUT2D eigenvalue weighted by molar-refractivity contribution is -0.137. The Labute approximate surface area is 148 Å². The summed E-state index contributed by atoms with van der Waals surface area (Å²) < 4.78 is 67.1. The van der Waals surface area contributed by atoms with Crippen molar-refractivity contribution >= 4 is 10.0 Å². The molecule has 140 valence electrons. The molecule has 1 aromatic carbocycles. The summed E-state index contributed by atoms with van der Waals surface area (Å²) in [6.45, 7) is 0.660. The summed E-state index contributed by atoms with van der Waals surface area (Å²) >= 11 is 0. The first kappa shape index (κ1) is 17.5. The fourth-order valence-corrected chi connectivity index (χ4v) is 4.52. The zero-order valence-electron chi connectivity index (χ0n) is 13.8. The smallest absolute Gasteiger partial charge is 0.248 e. The van der Waals surface area contributed by atoms with Crippen LogP contribution in [0.5, 0.6) is 0 Å². The van der Waals surface area contributed by atoms with Crippen LogP contribution < -0.4 is 0 Å². The van der Waals surface area contributed by atoms with E-state index in [1.54, 1.807) is 4.68 Å². The average molecular weight is 386 g/mol. The van der Waals surface area contributed by atoms with Gasteiger partial charge in [-0.15, -0.1) is 0 Å². The van der Waals surface area contributed by atoms with Crippen LogP contribution in [0, 0.1) is 0 Å². The summed E-state index contributed by atoms with van der Waals surface area (Å²) in [7, 11) is -4.01. The monoisotopic (exact) mass is 386 g/mol. The SMILES string of the molecule is O=S(=O)(c1cccc(C(F)(F)F)c1)N1CCc2nc(C3CC3)nn2CC1. The molecule has 0 radical (unpaired) electrons. The molecule has 0 spiro atoms. The van der Waals surface area contributed by atoms with Crippen LogP contribution in [-0.4, -0.2) is 40.6 Å². The van der Waals surface area contributed by atoms with Crippen molar-refractivity contribution < 1.29 is 21.6 Å². The molecule has 0 saturated heterocycles. The van der Waals surface area contributed by atoms with E-state index in [1.165, 1.54) is 10.4 Å². The maximum absolute atomic E-state index is 12.9. The van der Waals surface area contributed by atoms with E-state index < -0.39 is 21.8 Å². The second-order valence-electron chi connectivity index (χ2n) is 6.56. The van der Waals surface area contributed by atoms with E-state index >= 15 is 0 Å². The average Bonchev–Trinajstić information content (AvgIpc) is 3.39. The molecule has 1 aliphatic heterocycles. The summed E-state index contributed by atoms with van der Waals surface area (Å²) in [5.74, 6) is 1.96. The topological polar surface area (TPSA) is 68.1 Å². The van der Waals surface area contributed by atoms with E-state index in [9.17, 15) is 21.6 Å². The highest BCUT2D eigenvalue weighted by atomic mass is 32.2. The number of rotatable bonds is 3. The molecule has 1 fully saturated rings. The Morgan fingerprint density at radius 1 is 1.12 bits per heavy atom. The van der Waals surface area contributed by atoms with Crippen LogP contribution in [0.2, 0.25) is 0 Å². The number of halogens is 3. The standard InChI is InChI=1S/C16H17F3N4O2S/c17-16(18,19)12-2-1-3-13(10-12)26(24,25)22-7-6-14-20-15(11-4-5-11)21-23(14)9-8-22/h1-3,10-11H,4-9H2. The van der Waals surface area contributed by atoms with Gasteiger partial charge in [0.05, 0.1) is 17.0 Å². The van der Waals surface area contributed by atoms with Crippen LogP contribution in [0.15, 0.2) is 29.2 Å². The lowest BCUT2D eigenvalue weighted by Gasteiger charge is -2.20. The van der Waals surface area contributed by atoms with Gasteiger partial charge in [0.15, 0.2) is 5.82 Å². The van der Waals surface area contributed by atoms with Gasteiger partial charge in [-0.2, -0.15) is 22.6 Å². The molecular weight excluding hydrogens is 369 g/mol. The van der Waals surface area contributed by atoms with E-state index in [4.69, 9.17) is 0 Å². The molecule has 0 bridgehead atoms. The highest BCUT2D eigenvalue weighted by Crippen LogP contribution is 2.38. The highest BCUT2D eigenvalue weighted by molar-refractivity contribution is 7.89. The van der Waals surface area contributed by atoms with Crippen LogP contribution in [-0.2, 0) is 29.2 Å². The molecule has 0 N–H and O–H groups in total. The van der Waals surface area contributed by atoms with Crippen molar-refractivity contribution in [3.8, 4) is 0 Å². The van der Waals surface area contributed by atoms with Gasteiger partial charge in [-0.3, -0.25) is 0 Å². The lowest BCUT2D eigenvalue weighted by Crippen LogP contribution is -2.34. The van der Waals surface area contributed by atoms with Crippen molar-refractivity contribution in [3.05, 3.63) is 41.5 Å². The van der Waals surface area contributed by atoms with E-state index in [0.29, 0.717) is 24.9 Å². The molecule has 1 saturated carbocycles. The molecule has 2 aromatic rings. The van der Waals surface area contributed by atoms with Crippen LogP contribution in [0.4, 0.5) is 13.2 Å². The molecule has 1 aliphatic carbocycles. The number of aromatic nitrogens is 3. The summed E-state index contributed by atoms with van der Waals surface area (Å²) in [5, 5.41) is 4.44. The van der Waals surface area contributed by atoms with E-state index in [-0.39, 0.29) is 18.0 Å². The first-order valence-corrected chi connectivity index (χ1v) is 9.80. The van der Waals surface area contributed by atoms with E-state index in [1.807, 2.05) is 0 Å². The predicted molar refractivity (Wildman–Crippen MR) is 85.9 cm³/mol. The highest BCUT2D eigenvalue weighted by Gasteiger charge is 2.34. The number of sulfonamides is 1. The van der Waals surface area contributed by atoms with Gasteiger partial charge in [0.25, 0.3) is 0 Å². The summed E-state index contributed by atoms with van der Waals surface area (Å²) in [6.07, 6.45) is -2.04. The van der Waals surface area contributed by atoms with Crippen molar-refractivity contribution in [3.63, 3.8) is 0 Å². The number of benzene rings is 1. The van der Waals surface area contributed by atoms with Gasteiger partial charge in [-0.05, 0) is 31.0 Å². The van der Waals surface area contributed by atoms with Crippen molar-refractivity contribution in [2.24, 2.45) is 0 Å². The second-order valence-corrected chi connectivity index (χ2v) is 8.50. The van der Waals surface area contributed by atoms with Crippen molar-refractivity contribution in [1.82, 2.24) is 19.1 Å². The van der Waals surface area contributed by atoms with Gasteiger partial charge in [0, 0.05) is 25.4 Å². The third-order valence-electron chi connectivity index (χ3n) is 4.65. The van der Waals surface area contributed by atoms with Gasteiger partial charge < -0.3 is 0 Å². The fraction of sp³-hybridized carbons (Fsp3) is 0.500. The maximum Gasteiger partial charge on any atom is 0.416 e. The molecule has 0 unspecified atom stereocenters. The number of hydrogen-bond donors (Lipinski definition) is 0. The number of fused-ring (bicyclic) bond motifs is 1. The maximum atomic E-state index is 12.9. The van der Waals surface area contributed by atoms with Gasteiger partial charge >= 0.3 is 6.18 Å². The minimum atomic E-state index is -4.59. The van der Waals surface area contributed by atoms with Gasteiger partial charge in [-0.1, -0.05) is 6.07 Å². The summed E-state index contributed by atoms with van der Waals surface area (Å²) in [4.78, 5) is 4.14. The predicted octanol–water partition coefficient (Wildman–Crippen LogP) is 2.42. The Balaban J connectivity index is 1.56. The molecule has 0 atom stereocenters. The lowest BCUT2D eigenvalue weighted by atomic mass is 10.2. The van der Waals surface area contributed by atoms with E-state index in [0.717, 1.165) is 36.6 Å². The molecule has 0 amide bonds. The third-order valence-corrected chi connectivity index (χ3v) is 6.55. The van der Waals surface area contributed by atoms with Crippen molar-refractivity contribution in [2.75, 3.05) is 13.1 Å². The third kappa shape index (κ3) is 3.23. The molecule has 2 heterocycles. The van der Waals surface area contributed by atoms with E-state index in [2.05, 4.69) is 10.1 Å². The molecule has 1 aromatic heterocycles. The zero-order valence-corrected chi connectivity index (χ0v) is 14.6. The first-order chi connectivity index (χ1) is 12.2. The van der Waals surface area contributed by atoms with Gasteiger partial charge in [-0.25, -0.2) is 18.1 Å². The minimum Gasteiger partial charge on any atom is -0.248 e. The molecule has 10 heteroatoms.